The first-order valence-corrected chi connectivity index (χ1v) is 21.2. The van der Waals surface area contributed by atoms with E-state index < -0.39 is 72.7 Å². The molecule has 0 amide bonds. The third-order valence-electron chi connectivity index (χ3n) is 7.74. The topological polar surface area (TPSA) is 335 Å². The number of phosphoric acid groups is 4. The van der Waals surface area contributed by atoms with Crippen LogP contribution in [-0.2, 0) is 50.7 Å². The molecule has 3 aromatic rings. The highest BCUT2D eigenvalue weighted by Gasteiger charge is 2.41. The number of carbonyl (C=O) groups excluding carboxylic acids is 1. The van der Waals surface area contributed by atoms with Crippen LogP contribution >= 0.6 is 54.5 Å². The third-order valence-corrected chi connectivity index (χ3v) is 14.1. The first kappa shape index (κ1) is 39.8. The molecule has 6 rings (SSSR count). The Hall–Kier alpha value is -2.87. The number of carbonyl (C=O) groups is 1. The van der Waals surface area contributed by atoms with Crippen molar-refractivity contribution in [1.82, 2.24) is 19.5 Å². The summed E-state index contributed by atoms with van der Waals surface area (Å²) < 4.78 is 76.7. The van der Waals surface area contributed by atoms with Crippen LogP contribution in [0.1, 0.15) is 38.5 Å². The first-order valence-electron chi connectivity index (χ1n) is 14.6. The van der Waals surface area contributed by atoms with Crippen molar-refractivity contribution in [3.8, 4) is 5.75 Å². The molecule has 286 valence electrons. The summed E-state index contributed by atoms with van der Waals surface area (Å²) in [6.45, 7) is 2.42. The van der Waals surface area contributed by atoms with E-state index >= 15 is 0 Å². The van der Waals surface area contributed by atoms with Gasteiger partial charge in [-0.2, -0.15) is 4.98 Å². The number of fused-ring (bicyclic) bond motifs is 3. The maximum atomic E-state index is 12.5. The van der Waals surface area contributed by atoms with Crippen LogP contribution in [0.2, 0.25) is 0 Å². The van der Waals surface area contributed by atoms with Crippen LogP contribution in [0.25, 0.3) is 11.2 Å². The number of halogens is 2. The number of nitrogens with one attached hydrogen (secondary N) is 1. The number of nitrogen functional groups attached to an aromatic ring is 1. The number of hydrogen-bond donors (Lipinski definition) is 2. The number of aromatic amines is 1. The summed E-state index contributed by atoms with van der Waals surface area (Å²) >= 11 is 12.2. The van der Waals surface area contributed by atoms with Crippen LogP contribution in [0.15, 0.2) is 56.0 Å². The fourth-order valence-corrected chi connectivity index (χ4v) is 11.1. The molecule has 22 nitrogen and oxygen atoms in total. The molecule has 53 heavy (non-hydrogen) atoms. The van der Waals surface area contributed by atoms with Crippen LogP contribution in [-0.4, -0.2) is 43.7 Å². The number of benzene rings is 1. The minimum Gasteiger partial charge on any atom is -0.756 e. The van der Waals surface area contributed by atoms with Gasteiger partial charge in [0.05, 0.1) is 40.5 Å². The minimum atomic E-state index is -6.49. The Morgan fingerprint density at radius 2 is 1.68 bits per heavy atom. The first-order chi connectivity index (χ1) is 24.5. The van der Waals surface area contributed by atoms with Crippen molar-refractivity contribution in [3.05, 3.63) is 62.2 Å². The average molecular weight is 857 g/mol. The Bertz CT molecular complexity index is 2410. The number of aliphatic imine (C=N–C) groups is 1. The molecule has 3 N–H and O–H groups in total. The number of nitrogens with two attached hydrogens (primary N) is 1. The number of hydrogen-bond acceptors (Lipinski definition) is 20. The van der Waals surface area contributed by atoms with Crippen molar-refractivity contribution < 1.29 is 69.3 Å². The zero-order chi connectivity index (χ0) is 38.9. The van der Waals surface area contributed by atoms with Gasteiger partial charge in [-0.05, 0) is 42.7 Å². The molecule has 1 aromatic carbocycles. The van der Waals surface area contributed by atoms with Gasteiger partial charge in [-0.25, -0.2) is 22.9 Å². The molecule has 1 saturated heterocycles. The van der Waals surface area contributed by atoms with Crippen LogP contribution in [0, 0.1) is 0 Å². The Labute approximate surface area is 306 Å². The lowest BCUT2D eigenvalue weighted by atomic mass is 9.71. The summed E-state index contributed by atoms with van der Waals surface area (Å²) in [6.07, 6.45) is 1.11. The summed E-state index contributed by atoms with van der Waals surface area (Å²) in [7, 11) is -24.9. The molecule has 2 aromatic heterocycles. The molecular formula is C25H22Cl2N6O16P4-4. The van der Waals surface area contributed by atoms with E-state index in [0.717, 1.165) is 12.1 Å². The summed E-state index contributed by atoms with van der Waals surface area (Å²) in [4.78, 5) is 88.2. The molecule has 6 atom stereocenters. The monoisotopic (exact) mass is 856 g/mol. The van der Waals surface area contributed by atoms with Crippen molar-refractivity contribution in [3.63, 3.8) is 0 Å². The van der Waals surface area contributed by atoms with Crippen LogP contribution in [0.4, 0.5) is 11.6 Å². The molecule has 3 aliphatic rings. The van der Waals surface area contributed by atoms with Crippen molar-refractivity contribution in [2.45, 2.75) is 44.4 Å². The number of aromatic nitrogens is 4. The third kappa shape index (κ3) is 8.53. The number of imidazole rings is 1. The molecule has 0 radical (unpaired) electrons. The molecular weight excluding hydrogens is 835 g/mol. The van der Waals surface area contributed by atoms with Gasteiger partial charge >= 0.3 is 7.82 Å². The van der Waals surface area contributed by atoms with Crippen molar-refractivity contribution in [1.29, 1.82) is 0 Å². The number of Topliss-reactive ketones (excluding diaryl/α,β-unsaturated/α-hetero) is 1. The Balaban J connectivity index is 1.06. The zero-order valence-electron chi connectivity index (χ0n) is 26.6. The summed E-state index contributed by atoms with van der Waals surface area (Å²) in [6, 6.07) is 3.46. The number of phosphoric ester groups is 2. The number of allylic oxidation sites excluding steroid dienone is 4. The van der Waals surface area contributed by atoms with Gasteiger partial charge < -0.3 is 39.1 Å². The average Bonchev–Trinajstić information content (AvgIpc) is 3.64. The van der Waals surface area contributed by atoms with Crippen LogP contribution < -0.4 is 35.4 Å². The minimum absolute atomic E-state index is 0.0472. The van der Waals surface area contributed by atoms with E-state index in [9.17, 15) is 47.4 Å². The summed E-state index contributed by atoms with van der Waals surface area (Å²) in [5.74, 6) is -1.42. The van der Waals surface area contributed by atoms with Gasteiger partial charge in [0.2, 0.25) is 11.7 Å². The Morgan fingerprint density at radius 1 is 1.02 bits per heavy atom. The van der Waals surface area contributed by atoms with Gasteiger partial charge in [0.25, 0.3) is 29.0 Å². The number of nitrogens with zero attached hydrogens (tertiary/aromatic N) is 4. The Kier molecular flexibility index (Phi) is 10.5. The normalized spacial score (nSPS) is 24.3. The zero-order valence-corrected chi connectivity index (χ0v) is 31.7. The fraction of sp³-hybridized carbons (Fsp3) is 0.320. The second-order valence-corrected chi connectivity index (χ2v) is 18.6. The lowest BCUT2D eigenvalue weighted by Gasteiger charge is -2.37. The van der Waals surface area contributed by atoms with Crippen LogP contribution in [0.5, 0.6) is 5.75 Å². The smallest absolute Gasteiger partial charge is 0.326 e. The number of anilines is 1. The second-order valence-electron chi connectivity index (χ2n) is 11.8. The van der Waals surface area contributed by atoms with Gasteiger partial charge in [0.15, 0.2) is 11.2 Å². The molecule has 1 fully saturated rings. The van der Waals surface area contributed by atoms with E-state index in [1.54, 1.807) is 13.8 Å². The quantitative estimate of drug-likeness (QED) is 0.194. The van der Waals surface area contributed by atoms with Crippen molar-refractivity contribution in [2.75, 3.05) is 12.3 Å². The van der Waals surface area contributed by atoms with Gasteiger partial charge in [-0.15, -0.1) is 0 Å². The number of H-pyrrole nitrogens is 1. The molecule has 0 bridgehead atoms. The molecule has 1 aliphatic carbocycles. The summed E-state index contributed by atoms with van der Waals surface area (Å²) in [5, 5.41) is -0.412. The van der Waals surface area contributed by atoms with Gasteiger partial charge in [-0.1, -0.05) is 37.0 Å². The summed E-state index contributed by atoms with van der Waals surface area (Å²) in [5.41, 5.74) is 4.95. The van der Waals surface area contributed by atoms with Gasteiger partial charge in [0, 0.05) is 11.0 Å². The predicted octanol–water partition coefficient (Wildman–Crippen LogP) is 1.96. The molecule has 6 unspecified atom stereocenters. The number of ketones is 1. The van der Waals surface area contributed by atoms with Crippen molar-refractivity contribution in [2.24, 2.45) is 4.99 Å². The van der Waals surface area contributed by atoms with Gasteiger partial charge in [0.1, 0.15) is 12.0 Å². The molecule has 0 saturated carbocycles. The maximum Gasteiger partial charge on any atom is 0.326 e. The molecule has 4 heterocycles. The van der Waals surface area contributed by atoms with Crippen molar-refractivity contribution >= 4 is 88.8 Å². The highest BCUT2D eigenvalue weighted by Crippen LogP contribution is 2.67. The standard InChI is InChI=1S/C25H26Cl2N6O16P4/c1-25(2)13-7-11(3-5-15(13)30-16-8-14(26)21(34)19(27)18(16)25)46-51(38,39)48-53(42,43)49-52(40,41)47-50(36,37)44-9-12-4-6-17(45-12)33-10-29-20-22(33)31-24(28)32-23(20)35/h3,5,7-8,10,12,17H,4,6,9H2,1-2H3,(H,36,37)(H,38,39)(H,40,41)(H,42,43)(H3,28,31,32,35)/p-4. The highest BCUT2D eigenvalue weighted by atomic mass is 35.5. The highest BCUT2D eigenvalue weighted by molar-refractivity contribution is 7.68. The lowest BCUT2D eigenvalue weighted by Crippen LogP contribution is -2.32. The number of ether oxygens (including phenoxy) is 1. The molecule has 0 spiro atoms. The van der Waals surface area contributed by atoms with E-state index in [4.69, 9.17) is 33.7 Å². The van der Waals surface area contributed by atoms with E-state index in [1.807, 2.05) is 0 Å². The maximum absolute atomic E-state index is 12.5. The predicted molar refractivity (Wildman–Crippen MR) is 174 cm³/mol. The van der Waals surface area contributed by atoms with Crippen LogP contribution in [0.3, 0.4) is 0 Å². The largest absolute Gasteiger partial charge is 0.756 e. The van der Waals surface area contributed by atoms with E-state index in [-0.39, 0.29) is 62.6 Å². The SMILES string of the molecule is CC1(C)C2=C(Cl)C(=O)C(Cl)=CC2=Nc2ccc(OP(=O)([O-])OP(=O)([O-])OP(=O)([O-])OP(=O)([O-])OCC3CCC(n4cnc5c(=O)[nH]c(N)nc54)O3)cc21. The van der Waals surface area contributed by atoms with E-state index in [0.29, 0.717) is 0 Å². The Morgan fingerprint density at radius 3 is 2.38 bits per heavy atom. The van der Waals surface area contributed by atoms with E-state index in [2.05, 4.69) is 41.9 Å². The van der Waals surface area contributed by atoms with E-state index in [1.165, 1.54) is 23.0 Å². The van der Waals surface area contributed by atoms with Gasteiger partial charge in [-0.3, -0.25) is 37.4 Å². The fourth-order valence-electron chi connectivity index (χ4n) is 5.61. The second kappa shape index (κ2) is 14.0. The molecule has 28 heteroatoms. The molecule has 2 aliphatic heterocycles. The lowest BCUT2D eigenvalue weighted by molar-refractivity contribution is -0.253. The number of rotatable bonds is 12.